The van der Waals surface area contributed by atoms with Gasteiger partial charge in [0.2, 0.25) is 5.95 Å². The van der Waals surface area contributed by atoms with Crippen LogP contribution < -0.4 is 5.32 Å². The summed E-state index contributed by atoms with van der Waals surface area (Å²) in [6, 6.07) is 8.34. The number of pyridine rings is 1. The van der Waals surface area contributed by atoms with Crippen molar-refractivity contribution in [2.45, 2.75) is 0 Å². The third-order valence-corrected chi connectivity index (χ3v) is 2.83. The van der Waals surface area contributed by atoms with Crippen LogP contribution in [0.25, 0.3) is 0 Å². The average molecular weight is 302 g/mol. The quantitative estimate of drug-likeness (QED) is 0.833. The summed E-state index contributed by atoms with van der Waals surface area (Å²) in [5.41, 5.74) is 1.45. The summed E-state index contributed by atoms with van der Waals surface area (Å²) in [5, 5.41) is 3.69. The van der Waals surface area contributed by atoms with E-state index >= 15 is 0 Å². The van der Waals surface area contributed by atoms with Gasteiger partial charge in [-0.15, -0.1) is 0 Å². The number of hydrogen-bond donors (Lipinski definition) is 1. The summed E-state index contributed by atoms with van der Waals surface area (Å²) in [5.74, 6) is -0.518. The molecule has 0 saturated heterocycles. The summed E-state index contributed by atoms with van der Waals surface area (Å²) in [6.07, 6.45) is 1.40. The van der Waals surface area contributed by atoms with Crippen molar-refractivity contribution in [3.63, 3.8) is 0 Å². The lowest BCUT2D eigenvalue weighted by Crippen LogP contribution is -1.93. The molecular weight excluding hydrogens is 294 g/mol. The first kappa shape index (κ1) is 11.4. The molecule has 0 spiro atoms. The van der Waals surface area contributed by atoms with Gasteiger partial charge in [0, 0.05) is 27.4 Å². The Morgan fingerprint density at radius 2 is 2.06 bits per heavy atom. The summed E-state index contributed by atoms with van der Waals surface area (Å²) in [6.45, 7) is 0. The zero-order valence-corrected chi connectivity index (χ0v) is 10.4. The van der Waals surface area contributed by atoms with Crippen LogP contribution in [0.2, 0.25) is 5.02 Å². The molecule has 2 aromatic rings. The van der Waals surface area contributed by atoms with Crippen LogP contribution in [-0.4, -0.2) is 4.98 Å². The number of benzene rings is 1. The average Bonchev–Trinajstić information content (AvgIpc) is 2.22. The van der Waals surface area contributed by atoms with Crippen LogP contribution in [0.15, 0.2) is 41.0 Å². The molecule has 82 valence electrons. The fourth-order valence-electron chi connectivity index (χ4n) is 1.23. The first-order valence-corrected chi connectivity index (χ1v) is 5.66. The van der Waals surface area contributed by atoms with Crippen LogP contribution in [0.3, 0.4) is 0 Å². The van der Waals surface area contributed by atoms with Crippen LogP contribution >= 0.6 is 27.5 Å². The molecule has 0 radical (unpaired) electrons. The van der Waals surface area contributed by atoms with Gasteiger partial charge >= 0.3 is 0 Å². The fourth-order valence-corrected chi connectivity index (χ4v) is 2.01. The molecule has 0 aliphatic carbocycles. The van der Waals surface area contributed by atoms with Gasteiger partial charge in [-0.3, -0.25) is 0 Å². The van der Waals surface area contributed by atoms with Gasteiger partial charge in [-0.2, -0.15) is 4.39 Å². The van der Waals surface area contributed by atoms with Gasteiger partial charge in [-0.05, 0) is 40.2 Å². The van der Waals surface area contributed by atoms with E-state index in [1.165, 1.54) is 12.3 Å². The van der Waals surface area contributed by atoms with Crippen molar-refractivity contribution in [1.82, 2.24) is 4.98 Å². The summed E-state index contributed by atoms with van der Waals surface area (Å²) in [4.78, 5) is 3.48. The maximum Gasteiger partial charge on any atom is 0.214 e. The zero-order valence-electron chi connectivity index (χ0n) is 8.05. The number of nitrogens with zero attached hydrogens (tertiary/aromatic N) is 1. The van der Waals surface area contributed by atoms with Crippen molar-refractivity contribution in [3.8, 4) is 0 Å². The van der Waals surface area contributed by atoms with Gasteiger partial charge in [0.25, 0.3) is 0 Å². The number of anilines is 2. The number of halogens is 3. The predicted molar refractivity (Wildman–Crippen MR) is 66.6 cm³/mol. The van der Waals surface area contributed by atoms with Crippen LogP contribution in [0.4, 0.5) is 15.8 Å². The summed E-state index contributed by atoms with van der Waals surface area (Å²) < 4.78 is 13.7. The highest BCUT2D eigenvalue weighted by atomic mass is 79.9. The Balaban J connectivity index is 2.27. The SMILES string of the molecule is Fc1cc(Nc2ccc(Cl)cc2Br)ccn1. The van der Waals surface area contributed by atoms with Crippen LogP contribution in [0, 0.1) is 5.95 Å². The Bertz CT molecular complexity index is 519. The molecular formula is C11H7BrClFN2. The third kappa shape index (κ3) is 2.71. The van der Waals surface area contributed by atoms with E-state index in [9.17, 15) is 4.39 Å². The van der Waals surface area contributed by atoms with E-state index in [4.69, 9.17) is 11.6 Å². The smallest absolute Gasteiger partial charge is 0.214 e. The second-order valence-corrected chi connectivity index (χ2v) is 4.41. The molecule has 2 nitrogen and oxygen atoms in total. The minimum absolute atomic E-state index is 0.518. The lowest BCUT2D eigenvalue weighted by Gasteiger charge is -2.08. The molecule has 1 aromatic carbocycles. The predicted octanol–water partition coefficient (Wildman–Crippen LogP) is 4.38. The molecule has 0 unspecified atom stereocenters. The maximum atomic E-state index is 12.9. The second kappa shape index (κ2) is 4.80. The van der Waals surface area contributed by atoms with E-state index in [1.54, 1.807) is 18.2 Å². The molecule has 1 aromatic heterocycles. The van der Waals surface area contributed by atoms with Crippen LogP contribution in [0.5, 0.6) is 0 Å². The largest absolute Gasteiger partial charge is 0.354 e. The monoisotopic (exact) mass is 300 g/mol. The molecule has 16 heavy (non-hydrogen) atoms. The number of hydrogen-bond acceptors (Lipinski definition) is 2. The van der Waals surface area contributed by atoms with Crippen molar-refractivity contribution >= 4 is 38.9 Å². The molecule has 0 bridgehead atoms. The van der Waals surface area contributed by atoms with E-state index in [1.807, 2.05) is 6.07 Å². The van der Waals surface area contributed by atoms with Crippen molar-refractivity contribution < 1.29 is 4.39 Å². The molecule has 0 aliphatic heterocycles. The molecule has 5 heteroatoms. The van der Waals surface area contributed by atoms with E-state index in [0.717, 1.165) is 10.2 Å². The van der Waals surface area contributed by atoms with Gasteiger partial charge in [0.15, 0.2) is 0 Å². The van der Waals surface area contributed by atoms with Crippen LogP contribution in [0.1, 0.15) is 0 Å². The lowest BCUT2D eigenvalue weighted by molar-refractivity contribution is 0.584. The normalized spacial score (nSPS) is 10.2. The van der Waals surface area contributed by atoms with Gasteiger partial charge < -0.3 is 5.32 Å². The summed E-state index contributed by atoms with van der Waals surface area (Å²) in [7, 11) is 0. The van der Waals surface area contributed by atoms with Gasteiger partial charge in [-0.25, -0.2) is 4.98 Å². The Morgan fingerprint density at radius 1 is 1.25 bits per heavy atom. The zero-order chi connectivity index (χ0) is 11.5. The number of rotatable bonds is 2. The van der Waals surface area contributed by atoms with E-state index in [2.05, 4.69) is 26.2 Å². The number of nitrogens with one attached hydrogen (secondary N) is 1. The third-order valence-electron chi connectivity index (χ3n) is 1.94. The van der Waals surface area contributed by atoms with Gasteiger partial charge in [-0.1, -0.05) is 11.6 Å². The Morgan fingerprint density at radius 3 is 2.75 bits per heavy atom. The highest BCUT2D eigenvalue weighted by molar-refractivity contribution is 9.10. The standard InChI is InChI=1S/C11H7BrClFN2/c12-9-5-7(13)1-2-10(9)16-8-3-4-15-11(14)6-8/h1-6H,(H,15,16). The molecule has 0 amide bonds. The Labute approximate surface area is 106 Å². The molecule has 0 saturated carbocycles. The van der Waals surface area contributed by atoms with Crippen molar-refractivity contribution in [2.24, 2.45) is 0 Å². The van der Waals surface area contributed by atoms with Gasteiger partial charge in [0.05, 0.1) is 5.69 Å². The first-order chi connectivity index (χ1) is 7.65. The highest BCUT2D eigenvalue weighted by Crippen LogP contribution is 2.28. The topological polar surface area (TPSA) is 24.9 Å². The number of aromatic nitrogens is 1. The van der Waals surface area contributed by atoms with Crippen molar-refractivity contribution in [2.75, 3.05) is 5.32 Å². The lowest BCUT2D eigenvalue weighted by atomic mass is 10.3. The van der Waals surface area contributed by atoms with Crippen molar-refractivity contribution in [3.05, 3.63) is 52.0 Å². The molecule has 1 N–H and O–H groups in total. The Kier molecular flexibility index (Phi) is 3.41. The fraction of sp³-hybridized carbons (Fsp3) is 0. The van der Waals surface area contributed by atoms with Gasteiger partial charge in [0.1, 0.15) is 0 Å². The van der Waals surface area contributed by atoms with E-state index in [-0.39, 0.29) is 0 Å². The molecule has 0 aliphatic rings. The Hall–Kier alpha value is -1.13. The maximum absolute atomic E-state index is 12.9. The molecule has 2 rings (SSSR count). The van der Waals surface area contributed by atoms with Crippen LogP contribution in [-0.2, 0) is 0 Å². The van der Waals surface area contributed by atoms with Crippen molar-refractivity contribution in [1.29, 1.82) is 0 Å². The van der Waals surface area contributed by atoms with E-state index in [0.29, 0.717) is 10.7 Å². The minimum Gasteiger partial charge on any atom is -0.354 e. The minimum atomic E-state index is -0.518. The molecule has 0 fully saturated rings. The van der Waals surface area contributed by atoms with E-state index < -0.39 is 5.95 Å². The first-order valence-electron chi connectivity index (χ1n) is 4.49. The summed E-state index contributed by atoms with van der Waals surface area (Å²) >= 11 is 9.18. The highest BCUT2D eigenvalue weighted by Gasteiger charge is 2.02. The molecule has 1 heterocycles. The second-order valence-electron chi connectivity index (χ2n) is 3.12. The molecule has 0 atom stereocenters.